The van der Waals surface area contributed by atoms with E-state index < -0.39 is 56.5 Å². The monoisotopic (exact) mass is 492 g/mol. The Labute approximate surface area is 195 Å². The van der Waals surface area contributed by atoms with E-state index in [4.69, 9.17) is 0 Å². The van der Waals surface area contributed by atoms with Crippen LogP contribution in [0.2, 0.25) is 0 Å². The third-order valence-electron chi connectivity index (χ3n) is 6.03. The lowest BCUT2D eigenvalue weighted by atomic mass is 9.92. The first-order valence-corrected chi connectivity index (χ1v) is 11.9. The standard InChI is InChI=1S/C22H22F2N4O5S/c1-22(15-6-3-2-4-7-15)20(30)28(21(31)25-22)14-18(29)26-10-12-27(13-11-26)34(32,33)19-16(23)8-5-9-17(19)24/h2-9H,10-14H2,1H3,(H,25,31). The van der Waals surface area contributed by atoms with E-state index in [0.29, 0.717) is 5.56 Å². The first kappa shape index (κ1) is 23.8. The first-order chi connectivity index (χ1) is 16.1. The van der Waals surface area contributed by atoms with Gasteiger partial charge in [-0.1, -0.05) is 36.4 Å². The maximum Gasteiger partial charge on any atom is 0.325 e. The highest BCUT2D eigenvalue weighted by atomic mass is 32.2. The summed E-state index contributed by atoms with van der Waals surface area (Å²) in [6.45, 7) is 0.537. The van der Waals surface area contributed by atoms with Crippen LogP contribution in [0.4, 0.5) is 13.6 Å². The molecule has 0 bridgehead atoms. The van der Waals surface area contributed by atoms with Crippen LogP contribution >= 0.6 is 0 Å². The van der Waals surface area contributed by atoms with E-state index in [2.05, 4.69) is 5.32 Å². The molecule has 0 radical (unpaired) electrons. The Balaban J connectivity index is 1.42. The van der Waals surface area contributed by atoms with Crippen LogP contribution in [0.1, 0.15) is 12.5 Å². The number of rotatable bonds is 5. The molecule has 12 heteroatoms. The van der Waals surface area contributed by atoms with Crippen molar-refractivity contribution in [2.45, 2.75) is 17.4 Å². The van der Waals surface area contributed by atoms with Gasteiger partial charge >= 0.3 is 6.03 Å². The Morgan fingerprint density at radius 1 is 0.971 bits per heavy atom. The molecule has 0 spiro atoms. The SMILES string of the molecule is CC1(c2ccccc2)NC(=O)N(CC(=O)N2CCN(S(=O)(=O)c3c(F)cccc3F)CC2)C1=O. The van der Waals surface area contributed by atoms with E-state index >= 15 is 0 Å². The highest BCUT2D eigenvalue weighted by Crippen LogP contribution is 2.29. The largest absolute Gasteiger partial charge is 0.338 e. The summed E-state index contributed by atoms with van der Waals surface area (Å²) < 4.78 is 54.3. The fourth-order valence-electron chi connectivity index (χ4n) is 4.08. The number of nitrogens with one attached hydrogen (secondary N) is 1. The molecule has 2 aromatic carbocycles. The van der Waals surface area contributed by atoms with E-state index in [1.54, 1.807) is 37.3 Å². The fraction of sp³-hybridized carbons (Fsp3) is 0.318. The predicted molar refractivity (Wildman–Crippen MR) is 116 cm³/mol. The van der Waals surface area contributed by atoms with Gasteiger partial charge in [0, 0.05) is 26.2 Å². The van der Waals surface area contributed by atoms with Crippen LogP contribution in [-0.2, 0) is 25.2 Å². The molecule has 4 amide bonds. The molecule has 180 valence electrons. The number of carbonyl (C=O) groups is 3. The Morgan fingerprint density at radius 2 is 1.56 bits per heavy atom. The third kappa shape index (κ3) is 4.03. The van der Waals surface area contributed by atoms with Crippen molar-refractivity contribution in [2.24, 2.45) is 0 Å². The Morgan fingerprint density at radius 3 is 2.15 bits per heavy atom. The smallest absolute Gasteiger partial charge is 0.325 e. The number of nitrogens with zero attached hydrogens (tertiary/aromatic N) is 3. The molecular formula is C22H22F2N4O5S. The van der Waals surface area contributed by atoms with Gasteiger partial charge in [-0.25, -0.2) is 22.0 Å². The number of benzene rings is 2. The minimum absolute atomic E-state index is 0.0618. The van der Waals surface area contributed by atoms with Crippen molar-refractivity contribution in [3.8, 4) is 0 Å². The zero-order valence-electron chi connectivity index (χ0n) is 18.2. The van der Waals surface area contributed by atoms with Crippen LogP contribution in [0.15, 0.2) is 53.4 Å². The minimum atomic E-state index is -4.44. The van der Waals surface area contributed by atoms with Crippen molar-refractivity contribution in [1.82, 2.24) is 19.4 Å². The van der Waals surface area contributed by atoms with Gasteiger partial charge in [0.1, 0.15) is 23.7 Å². The normalized spacial score (nSPS) is 21.6. The number of halogens is 2. The van der Waals surface area contributed by atoms with Gasteiger partial charge in [0.2, 0.25) is 15.9 Å². The Hall–Kier alpha value is -3.38. The minimum Gasteiger partial charge on any atom is -0.338 e. The zero-order chi connectivity index (χ0) is 24.7. The lowest BCUT2D eigenvalue weighted by molar-refractivity contribution is -0.139. The molecule has 2 aliphatic heterocycles. The van der Waals surface area contributed by atoms with Crippen LogP contribution < -0.4 is 5.32 Å². The number of amides is 4. The highest BCUT2D eigenvalue weighted by molar-refractivity contribution is 7.89. The maximum atomic E-state index is 14.0. The lowest BCUT2D eigenvalue weighted by Gasteiger charge is -2.34. The number of urea groups is 1. The quantitative estimate of drug-likeness (QED) is 0.633. The van der Waals surface area contributed by atoms with Crippen molar-refractivity contribution in [3.63, 3.8) is 0 Å². The molecule has 34 heavy (non-hydrogen) atoms. The van der Waals surface area contributed by atoms with Crippen molar-refractivity contribution in [3.05, 3.63) is 65.7 Å². The molecule has 0 aliphatic carbocycles. The molecular weight excluding hydrogens is 470 g/mol. The van der Waals surface area contributed by atoms with Crippen molar-refractivity contribution < 1.29 is 31.6 Å². The second kappa shape index (κ2) is 8.76. The van der Waals surface area contributed by atoms with Gasteiger partial charge in [-0.15, -0.1) is 0 Å². The second-order valence-corrected chi connectivity index (χ2v) is 10.0. The maximum absolute atomic E-state index is 14.0. The van der Waals surface area contributed by atoms with Crippen LogP contribution in [0.3, 0.4) is 0 Å². The zero-order valence-corrected chi connectivity index (χ0v) is 19.0. The van der Waals surface area contributed by atoms with Gasteiger partial charge in [-0.2, -0.15) is 4.31 Å². The van der Waals surface area contributed by atoms with Gasteiger partial charge in [0.05, 0.1) is 0 Å². The van der Waals surface area contributed by atoms with E-state index in [1.165, 1.54) is 4.90 Å². The van der Waals surface area contributed by atoms with Gasteiger partial charge in [0.25, 0.3) is 5.91 Å². The second-order valence-electron chi connectivity index (χ2n) is 8.15. The van der Waals surface area contributed by atoms with Crippen molar-refractivity contribution >= 4 is 27.9 Å². The topological polar surface area (TPSA) is 107 Å². The van der Waals surface area contributed by atoms with E-state index in [-0.39, 0.29) is 26.2 Å². The summed E-state index contributed by atoms with van der Waals surface area (Å²) >= 11 is 0. The Kier molecular flexibility index (Phi) is 6.13. The summed E-state index contributed by atoms with van der Waals surface area (Å²) in [5, 5.41) is 2.62. The highest BCUT2D eigenvalue weighted by Gasteiger charge is 2.49. The molecule has 4 rings (SSSR count). The molecule has 0 aromatic heterocycles. The van der Waals surface area contributed by atoms with E-state index in [1.807, 2.05) is 0 Å². The van der Waals surface area contributed by atoms with Crippen molar-refractivity contribution in [1.29, 1.82) is 0 Å². The molecule has 2 aliphatic rings. The molecule has 0 saturated carbocycles. The summed E-state index contributed by atoms with van der Waals surface area (Å²) in [4.78, 5) is 39.3. The van der Waals surface area contributed by atoms with E-state index in [9.17, 15) is 31.6 Å². The number of hydrogen-bond donors (Lipinski definition) is 1. The van der Waals surface area contributed by atoms with Crippen LogP contribution in [0, 0.1) is 11.6 Å². The molecule has 2 aromatic rings. The number of hydrogen-bond acceptors (Lipinski definition) is 5. The Bertz CT molecular complexity index is 1230. The number of imide groups is 1. The molecule has 2 fully saturated rings. The van der Waals surface area contributed by atoms with Gasteiger partial charge in [-0.05, 0) is 24.6 Å². The average molecular weight is 493 g/mol. The fourth-order valence-corrected chi connectivity index (χ4v) is 5.61. The van der Waals surface area contributed by atoms with Crippen LogP contribution in [0.5, 0.6) is 0 Å². The van der Waals surface area contributed by atoms with Gasteiger partial charge < -0.3 is 10.2 Å². The summed E-state index contributed by atoms with van der Waals surface area (Å²) in [7, 11) is -4.44. The summed E-state index contributed by atoms with van der Waals surface area (Å²) in [6.07, 6.45) is 0. The van der Waals surface area contributed by atoms with Crippen LogP contribution in [-0.4, -0.2) is 73.1 Å². The number of carbonyl (C=O) groups excluding carboxylic acids is 3. The molecule has 2 heterocycles. The lowest BCUT2D eigenvalue weighted by Crippen LogP contribution is -2.53. The third-order valence-corrected chi connectivity index (χ3v) is 7.98. The molecule has 1 N–H and O–H groups in total. The van der Waals surface area contributed by atoms with Crippen molar-refractivity contribution in [2.75, 3.05) is 32.7 Å². The van der Waals surface area contributed by atoms with Gasteiger partial charge in [0.15, 0.2) is 4.90 Å². The summed E-state index contributed by atoms with van der Waals surface area (Å²) in [5.41, 5.74) is -0.739. The van der Waals surface area contributed by atoms with Crippen LogP contribution in [0.25, 0.3) is 0 Å². The van der Waals surface area contributed by atoms with E-state index in [0.717, 1.165) is 27.4 Å². The molecule has 2 saturated heterocycles. The molecule has 1 unspecified atom stereocenters. The first-order valence-electron chi connectivity index (χ1n) is 10.5. The molecule has 1 atom stereocenters. The summed E-state index contributed by atoms with van der Waals surface area (Å²) in [5.74, 6) is -3.51. The number of sulfonamides is 1. The predicted octanol–water partition coefficient (Wildman–Crippen LogP) is 1.26. The van der Waals surface area contributed by atoms with Gasteiger partial charge in [-0.3, -0.25) is 14.5 Å². The average Bonchev–Trinajstić information content (AvgIpc) is 3.03. The number of piperazine rings is 1. The summed E-state index contributed by atoms with van der Waals surface area (Å²) in [6, 6.07) is 10.7. The molecule has 9 nitrogen and oxygen atoms in total.